The van der Waals surface area contributed by atoms with E-state index in [1.54, 1.807) is 24.3 Å². The van der Waals surface area contributed by atoms with Crippen molar-refractivity contribution in [1.29, 1.82) is 0 Å². The predicted octanol–water partition coefficient (Wildman–Crippen LogP) is 8.04. The molecule has 0 aliphatic carbocycles. The second kappa shape index (κ2) is 16.1. The van der Waals surface area contributed by atoms with Crippen LogP contribution in [0.3, 0.4) is 0 Å². The molecule has 1 aliphatic rings. The molecule has 0 bridgehead atoms. The van der Waals surface area contributed by atoms with Crippen LogP contribution < -0.4 is 16.1 Å². The van der Waals surface area contributed by atoms with E-state index in [2.05, 4.69) is 72.5 Å². The lowest BCUT2D eigenvalue weighted by Crippen LogP contribution is -2.48. The maximum atomic E-state index is 13.3. The molecule has 1 aliphatic heterocycles. The summed E-state index contributed by atoms with van der Waals surface area (Å²) < 4.78 is 39.8. The first-order valence-corrected chi connectivity index (χ1v) is 18.2. The number of para-hydroxylation sites is 1. The Morgan fingerprint density at radius 3 is 2.19 bits per heavy atom. The number of nitrogens with one attached hydrogen (secondary N) is 3. The molecule has 282 valence electrons. The Balaban J connectivity index is 1.08. The van der Waals surface area contributed by atoms with Crippen LogP contribution in [0.25, 0.3) is 10.6 Å². The number of phenols is 1. The normalized spacial score (nSPS) is 14.7. The highest BCUT2D eigenvalue weighted by molar-refractivity contribution is 7.13. The van der Waals surface area contributed by atoms with E-state index in [1.165, 1.54) is 35.8 Å². The van der Waals surface area contributed by atoms with Crippen molar-refractivity contribution >= 4 is 40.9 Å². The second-order valence-electron chi connectivity index (χ2n) is 15.2. The topological polar surface area (TPSA) is 122 Å². The van der Waals surface area contributed by atoms with Gasteiger partial charge in [0.2, 0.25) is 0 Å². The van der Waals surface area contributed by atoms with Crippen LogP contribution in [0.2, 0.25) is 0 Å². The van der Waals surface area contributed by atoms with E-state index in [0.717, 1.165) is 46.5 Å². The van der Waals surface area contributed by atoms with Gasteiger partial charge in [0.05, 0.1) is 29.7 Å². The Hall–Kier alpha value is -4.79. The average molecular weight is 750 g/mol. The molecule has 0 unspecified atom stereocenters. The van der Waals surface area contributed by atoms with Crippen LogP contribution >= 0.6 is 11.3 Å². The number of urea groups is 1. The minimum absolute atomic E-state index is 0.124. The number of aromatic hydroxyl groups is 1. The number of carbonyl (C=O) groups excluding carboxylic acids is 2. The first kappa shape index (κ1) is 39.4. The second-order valence-corrected chi connectivity index (χ2v) is 16.0. The predicted molar refractivity (Wildman–Crippen MR) is 205 cm³/mol. The summed E-state index contributed by atoms with van der Waals surface area (Å²) in [7, 11) is 0. The number of amides is 3. The summed E-state index contributed by atoms with van der Waals surface area (Å²) >= 11 is 1.50. The van der Waals surface area contributed by atoms with Gasteiger partial charge in [-0.15, -0.1) is 11.3 Å². The van der Waals surface area contributed by atoms with Crippen molar-refractivity contribution in [2.75, 3.05) is 43.4 Å². The maximum Gasteiger partial charge on any atom is 0.418 e. The number of hydrogen-bond acceptors (Lipinski definition) is 8. The lowest BCUT2D eigenvalue weighted by molar-refractivity contribution is -0.137. The molecule has 53 heavy (non-hydrogen) atoms. The molecule has 10 nitrogen and oxygen atoms in total. The summed E-state index contributed by atoms with van der Waals surface area (Å²) in [5.74, 6) is -0.0614. The SMILES string of the molecule is CC(C)(C)c1cc(/C=N/NC(=O)CN2CCN(Cc3csc(-c4ccc(NC(=O)Nc5ccccc5C(F)(F)F)cc4)n3)CC2)c(O)c(C(C)(C)C)c1. The van der Waals surface area contributed by atoms with Gasteiger partial charge in [-0.3, -0.25) is 14.6 Å². The molecule has 0 radical (unpaired) electrons. The van der Waals surface area contributed by atoms with Crippen LogP contribution in [-0.2, 0) is 28.3 Å². The van der Waals surface area contributed by atoms with Gasteiger partial charge in [0.15, 0.2) is 0 Å². The number of phenolic OH excluding ortho intramolecular Hbond substituents is 1. The van der Waals surface area contributed by atoms with Crippen LogP contribution in [0.1, 0.15) is 69.5 Å². The summed E-state index contributed by atoms with van der Waals surface area (Å²) in [5, 5.41) is 22.8. The van der Waals surface area contributed by atoms with Gasteiger partial charge < -0.3 is 15.7 Å². The van der Waals surface area contributed by atoms with Gasteiger partial charge >= 0.3 is 12.2 Å². The van der Waals surface area contributed by atoms with Crippen LogP contribution in [-0.4, -0.2) is 70.8 Å². The Morgan fingerprint density at radius 1 is 0.887 bits per heavy atom. The molecule has 0 saturated carbocycles. The smallest absolute Gasteiger partial charge is 0.418 e. The van der Waals surface area contributed by atoms with E-state index in [4.69, 9.17) is 4.98 Å². The highest BCUT2D eigenvalue weighted by atomic mass is 32.1. The fourth-order valence-electron chi connectivity index (χ4n) is 5.84. The van der Waals surface area contributed by atoms with Gasteiger partial charge in [-0.05, 0) is 58.9 Å². The third-order valence-corrected chi connectivity index (χ3v) is 9.79. The van der Waals surface area contributed by atoms with Crippen LogP contribution in [0.15, 0.2) is 71.1 Å². The third kappa shape index (κ3) is 10.6. The molecular formula is C39H46F3N7O3S. The summed E-state index contributed by atoms with van der Waals surface area (Å²) in [6.45, 7) is 16.3. The number of alkyl halides is 3. The highest BCUT2D eigenvalue weighted by Crippen LogP contribution is 2.37. The van der Waals surface area contributed by atoms with Crippen LogP contribution in [0.5, 0.6) is 5.75 Å². The molecule has 0 spiro atoms. The summed E-state index contributed by atoms with van der Waals surface area (Å²) in [4.78, 5) is 34.3. The number of hydrogen-bond donors (Lipinski definition) is 4. The van der Waals surface area contributed by atoms with Crippen molar-refractivity contribution in [2.45, 2.75) is 65.1 Å². The van der Waals surface area contributed by atoms with Gasteiger partial charge in [0.1, 0.15) is 10.8 Å². The quantitative estimate of drug-likeness (QED) is 0.102. The van der Waals surface area contributed by atoms with Crippen molar-refractivity contribution in [3.63, 3.8) is 0 Å². The van der Waals surface area contributed by atoms with E-state index in [1.807, 2.05) is 17.5 Å². The number of piperazine rings is 1. The molecule has 1 fully saturated rings. The summed E-state index contributed by atoms with van der Waals surface area (Å²) in [6.07, 6.45) is -3.08. The average Bonchev–Trinajstić information content (AvgIpc) is 3.54. The van der Waals surface area contributed by atoms with Crippen molar-refractivity contribution in [2.24, 2.45) is 5.10 Å². The minimum Gasteiger partial charge on any atom is -0.507 e. The Kier molecular flexibility index (Phi) is 11.9. The van der Waals surface area contributed by atoms with E-state index in [0.29, 0.717) is 30.9 Å². The molecule has 14 heteroatoms. The van der Waals surface area contributed by atoms with E-state index >= 15 is 0 Å². The minimum atomic E-state index is -4.59. The number of carbonyl (C=O) groups is 2. The van der Waals surface area contributed by atoms with Crippen LogP contribution in [0.4, 0.5) is 29.3 Å². The molecule has 0 atom stereocenters. The summed E-state index contributed by atoms with van der Waals surface area (Å²) in [6, 6.07) is 14.9. The number of aromatic nitrogens is 1. The largest absolute Gasteiger partial charge is 0.507 e. The van der Waals surface area contributed by atoms with Crippen molar-refractivity contribution in [3.8, 4) is 16.3 Å². The van der Waals surface area contributed by atoms with Gasteiger partial charge in [0, 0.05) is 60.5 Å². The lowest BCUT2D eigenvalue weighted by atomic mass is 9.79. The van der Waals surface area contributed by atoms with Gasteiger partial charge in [-0.2, -0.15) is 18.3 Å². The lowest BCUT2D eigenvalue weighted by Gasteiger charge is -2.33. The molecule has 1 aromatic heterocycles. The Labute approximate surface area is 312 Å². The molecular weight excluding hydrogens is 704 g/mol. The first-order chi connectivity index (χ1) is 24.9. The van der Waals surface area contributed by atoms with Gasteiger partial charge in [-0.1, -0.05) is 59.7 Å². The fourth-order valence-corrected chi connectivity index (χ4v) is 6.66. The number of thiazole rings is 1. The molecule has 3 aromatic carbocycles. The van der Waals surface area contributed by atoms with E-state index < -0.39 is 17.8 Å². The number of anilines is 2. The Bertz CT molecular complexity index is 1940. The van der Waals surface area contributed by atoms with Crippen LogP contribution in [0, 0.1) is 0 Å². The maximum absolute atomic E-state index is 13.3. The Morgan fingerprint density at radius 2 is 1.55 bits per heavy atom. The van der Waals surface area contributed by atoms with E-state index in [-0.39, 0.29) is 34.7 Å². The molecule has 5 rings (SSSR count). The molecule has 4 N–H and O–H groups in total. The standard InChI is InChI=1S/C39H46F3N7O3S/c1-37(2,3)27-19-26(34(51)31(20-27)38(4,5)6)21-43-47-33(50)23-49-17-15-48(16-18-49)22-29-24-53-35(44-29)25-11-13-28(14-12-25)45-36(52)46-32-10-8-7-9-30(32)39(40,41)42/h7-14,19-21,24,51H,15-18,22-23H2,1-6H3,(H,47,50)(H2,45,46,52)/b43-21+. The fraction of sp³-hybridized carbons (Fsp3) is 0.385. The first-order valence-electron chi connectivity index (χ1n) is 17.3. The monoisotopic (exact) mass is 749 g/mol. The van der Waals surface area contributed by atoms with Gasteiger partial charge in [-0.25, -0.2) is 15.2 Å². The molecule has 4 aromatic rings. The zero-order valence-electron chi connectivity index (χ0n) is 30.8. The van der Waals surface area contributed by atoms with Crippen molar-refractivity contribution in [1.82, 2.24) is 20.2 Å². The molecule has 1 saturated heterocycles. The number of halogens is 3. The van der Waals surface area contributed by atoms with Crippen molar-refractivity contribution in [3.05, 3.63) is 94.0 Å². The number of hydrazone groups is 1. The summed E-state index contributed by atoms with van der Waals surface area (Å²) in [5.41, 5.74) is 5.63. The zero-order valence-corrected chi connectivity index (χ0v) is 31.6. The van der Waals surface area contributed by atoms with Gasteiger partial charge in [0.25, 0.3) is 5.91 Å². The number of nitrogens with zero attached hydrogens (tertiary/aromatic N) is 4. The number of rotatable bonds is 9. The molecule has 3 amide bonds. The van der Waals surface area contributed by atoms with Crippen molar-refractivity contribution < 1.29 is 27.9 Å². The number of benzene rings is 3. The molecule has 2 heterocycles. The zero-order chi connectivity index (χ0) is 38.6. The highest BCUT2D eigenvalue weighted by Gasteiger charge is 2.33. The third-order valence-electron chi connectivity index (χ3n) is 8.85. The van der Waals surface area contributed by atoms with E-state index in [9.17, 15) is 27.9 Å².